The lowest BCUT2D eigenvalue weighted by atomic mass is 9.96. The van der Waals surface area contributed by atoms with Crippen molar-refractivity contribution in [1.29, 1.82) is 0 Å². The summed E-state index contributed by atoms with van der Waals surface area (Å²) in [6.07, 6.45) is 7.45. The molecule has 26 heavy (non-hydrogen) atoms. The van der Waals surface area contributed by atoms with Gasteiger partial charge in [-0.25, -0.2) is 0 Å². The Bertz CT molecular complexity index is 485. The van der Waals surface area contributed by atoms with Crippen LogP contribution < -0.4 is 0 Å². The molecular formula is C21H38O4Si. The second kappa shape index (κ2) is 10.9. The molecule has 0 bridgehead atoms. The molecule has 150 valence electrons. The summed E-state index contributed by atoms with van der Waals surface area (Å²) in [5.41, 5.74) is 0. The van der Waals surface area contributed by atoms with Crippen molar-refractivity contribution in [3.05, 3.63) is 12.7 Å². The highest BCUT2D eigenvalue weighted by Gasteiger charge is 2.41. The molecule has 0 amide bonds. The maximum absolute atomic E-state index is 11.8. The predicted octanol–water partition coefficient (Wildman–Crippen LogP) is 4.95. The second-order valence-electron chi connectivity index (χ2n) is 8.59. The highest BCUT2D eigenvalue weighted by Crippen LogP contribution is 2.38. The van der Waals surface area contributed by atoms with Crippen molar-refractivity contribution in [3.8, 4) is 12.3 Å². The van der Waals surface area contributed by atoms with Crippen LogP contribution in [0.15, 0.2) is 12.7 Å². The molecule has 1 unspecified atom stereocenters. The predicted molar refractivity (Wildman–Crippen MR) is 110 cm³/mol. The van der Waals surface area contributed by atoms with Crippen molar-refractivity contribution in [2.24, 2.45) is 5.92 Å². The number of hydrogen-bond donors (Lipinski definition) is 0. The molecular weight excluding hydrogens is 344 g/mol. The molecule has 0 aromatic rings. The minimum atomic E-state index is -2.00. The van der Waals surface area contributed by atoms with Crippen LogP contribution in [0.25, 0.3) is 0 Å². The summed E-state index contributed by atoms with van der Waals surface area (Å²) in [4.78, 5) is 11.8. The van der Waals surface area contributed by atoms with Gasteiger partial charge in [-0.3, -0.25) is 4.79 Å². The van der Waals surface area contributed by atoms with Crippen molar-refractivity contribution < 1.29 is 18.7 Å². The summed E-state index contributed by atoms with van der Waals surface area (Å²) in [5, 5.41) is 0.0786. The number of terminal acetylenes is 1. The number of esters is 1. The number of rotatable bonds is 11. The summed E-state index contributed by atoms with van der Waals surface area (Å²) in [6.45, 7) is 20.9. The average molecular weight is 383 g/mol. The number of carbonyl (C=O) groups excluding carboxylic acids is 1. The highest BCUT2D eigenvalue weighted by atomic mass is 28.4. The van der Waals surface area contributed by atoms with Gasteiger partial charge in [-0.1, -0.05) is 33.8 Å². The molecule has 0 N–H and O–H groups in total. The van der Waals surface area contributed by atoms with Gasteiger partial charge in [0.1, 0.15) is 0 Å². The van der Waals surface area contributed by atoms with Gasteiger partial charge >= 0.3 is 5.97 Å². The largest absolute Gasteiger partial charge is 0.463 e. The molecule has 0 aliphatic heterocycles. The second-order valence-corrected chi connectivity index (χ2v) is 13.3. The van der Waals surface area contributed by atoms with E-state index in [1.54, 1.807) is 6.08 Å². The Balaban J connectivity index is 5.12. The summed E-state index contributed by atoms with van der Waals surface area (Å²) in [7, 11) is -2.00. The maximum Gasteiger partial charge on any atom is 0.308 e. The zero-order valence-electron chi connectivity index (χ0n) is 17.9. The number of ether oxygens (including phenoxy) is 2. The molecule has 0 fully saturated rings. The lowest BCUT2D eigenvalue weighted by molar-refractivity contribution is -0.150. The van der Waals surface area contributed by atoms with Gasteiger partial charge in [0.05, 0.1) is 31.3 Å². The SMILES string of the molecule is C#CC[C@@H](C)[C@H](OCCC(=O)OC(C)C)C(C=C)O[Si](C)(C)C(C)(C)C. The molecule has 0 spiro atoms. The molecule has 0 saturated carbocycles. The van der Waals surface area contributed by atoms with Crippen LogP contribution in [0.3, 0.4) is 0 Å². The van der Waals surface area contributed by atoms with E-state index in [1.165, 1.54) is 0 Å². The Kier molecular flexibility index (Phi) is 10.5. The first-order chi connectivity index (χ1) is 11.9. The zero-order valence-corrected chi connectivity index (χ0v) is 18.9. The van der Waals surface area contributed by atoms with Crippen LogP contribution in [0.4, 0.5) is 0 Å². The molecule has 3 atom stereocenters. The van der Waals surface area contributed by atoms with Gasteiger partial charge < -0.3 is 13.9 Å². The van der Waals surface area contributed by atoms with E-state index in [0.29, 0.717) is 6.42 Å². The highest BCUT2D eigenvalue weighted by molar-refractivity contribution is 6.74. The Morgan fingerprint density at radius 3 is 2.27 bits per heavy atom. The first kappa shape index (κ1) is 24.9. The number of carbonyl (C=O) groups is 1. The molecule has 0 aromatic carbocycles. The fourth-order valence-corrected chi connectivity index (χ4v) is 3.52. The van der Waals surface area contributed by atoms with Crippen molar-refractivity contribution in [1.82, 2.24) is 0 Å². The quantitative estimate of drug-likeness (QED) is 0.219. The van der Waals surface area contributed by atoms with Gasteiger partial charge in [-0.2, -0.15) is 0 Å². The molecule has 0 aliphatic carbocycles. The van der Waals surface area contributed by atoms with Crippen molar-refractivity contribution in [2.75, 3.05) is 6.61 Å². The topological polar surface area (TPSA) is 44.8 Å². The first-order valence-electron chi connectivity index (χ1n) is 9.40. The van der Waals surface area contributed by atoms with Crippen LogP contribution >= 0.6 is 0 Å². The molecule has 0 heterocycles. The normalized spacial score (nSPS) is 15.8. The van der Waals surface area contributed by atoms with E-state index in [0.717, 1.165) is 0 Å². The first-order valence-corrected chi connectivity index (χ1v) is 12.3. The molecule has 4 nitrogen and oxygen atoms in total. The fourth-order valence-electron chi connectivity index (χ4n) is 2.25. The van der Waals surface area contributed by atoms with E-state index < -0.39 is 8.32 Å². The van der Waals surface area contributed by atoms with Gasteiger partial charge in [-0.05, 0) is 37.9 Å². The summed E-state index contributed by atoms with van der Waals surface area (Å²) in [5.74, 6) is 2.53. The van der Waals surface area contributed by atoms with Crippen LogP contribution in [0, 0.1) is 18.3 Å². The van der Waals surface area contributed by atoms with Crippen molar-refractivity contribution >= 4 is 14.3 Å². The Morgan fingerprint density at radius 1 is 1.27 bits per heavy atom. The lowest BCUT2D eigenvalue weighted by Crippen LogP contribution is -2.48. The summed E-state index contributed by atoms with van der Waals surface area (Å²) < 4.78 is 17.7. The van der Waals surface area contributed by atoms with Gasteiger partial charge in [0.25, 0.3) is 0 Å². The average Bonchev–Trinajstić information content (AvgIpc) is 2.48. The molecule has 0 rings (SSSR count). The van der Waals surface area contributed by atoms with Crippen LogP contribution in [-0.4, -0.2) is 39.2 Å². The van der Waals surface area contributed by atoms with Gasteiger partial charge in [0.15, 0.2) is 8.32 Å². The minimum Gasteiger partial charge on any atom is -0.463 e. The van der Waals surface area contributed by atoms with E-state index in [4.69, 9.17) is 20.3 Å². The van der Waals surface area contributed by atoms with Gasteiger partial charge in [-0.15, -0.1) is 18.9 Å². The standard InChI is InChI=1S/C21H38O4Si/c1-11-13-17(5)20(23-15-14-19(22)24-16(3)4)18(12-2)25-26(9,10)21(6,7)8/h1,12,16-18,20H,2,13-15H2,3-10H3/t17-,18?,20+/m1/s1. The van der Waals surface area contributed by atoms with E-state index in [2.05, 4.69) is 46.4 Å². The molecule has 0 aliphatic rings. The Morgan fingerprint density at radius 2 is 1.85 bits per heavy atom. The monoisotopic (exact) mass is 382 g/mol. The van der Waals surface area contributed by atoms with Crippen LogP contribution in [-0.2, 0) is 18.7 Å². The minimum absolute atomic E-state index is 0.0786. The summed E-state index contributed by atoms with van der Waals surface area (Å²) in [6, 6.07) is 0. The van der Waals surface area contributed by atoms with Crippen LogP contribution in [0.2, 0.25) is 18.1 Å². The maximum atomic E-state index is 11.8. The van der Waals surface area contributed by atoms with Crippen LogP contribution in [0.1, 0.15) is 54.4 Å². The third-order valence-electron chi connectivity index (χ3n) is 4.78. The number of hydrogen-bond acceptors (Lipinski definition) is 4. The smallest absolute Gasteiger partial charge is 0.308 e. The van der Waals surface area contributed by atoms with Gasteiger partial charge in [0.2, 0.25) is 0 Å². The Hall–Kier alpha value is -1.09. The molecule has 5 heteroatoms. The van der Waals surface area contributed by atoms with Gasteiger partial charge in [0, 0.05) is 6.42 Å². The van der Waals surface area contributed by atoms with Crippen molar-refractivity contribution in [2.45, 2.75) is 90.8 Å². The molecule has 0 aromatic heterocycles. The van der Waals surface area contributed by atoms with Crippen molar-refractivity contribution in [3.63, 3.8) is 0 Å². The molecule has 0 radical (unpaired) electrons. The van der Waals surface area contributed by atoms with E-state index >= 15 is 0 Å². The molecule has 0 saturated heterocycles. The zero-order chi connectivity index (χ0) is 20.5. The third kappa shape index (κ3) is 8.53. The summed E-state index contributed by atoms with van der Waals surface area (Å²) >= 11 is 0. The van der Waals surface area contributed by atoms with Crippen LogP contribution in [0.5, 0.6) is 0 Å². The fraction of sp³-hybridized carbons (Fsp3) is 0.762. The van der Waals surface area contributed by atoms with E-state index in [1.807, 2.05) is 20.8 Å². The lowest BCUT2D eigenvalue weighted by Gasteiger charge is -2.41. The van der Waals surface area contributed by atoms with E-state index in [9.17, 15) is 4.79 Å². The Labute approximate surface area is 161 Å². The third-order valence-corrected chi connectivity index (χ3v) is 9.25. The van der Waals surface area contributed by atoms with E-state index in [-0.39, 0.29) is 48.3 Å².